The maximum absolute atomic E-state index is 11.9. The Hall–Kier alpha value is -1.55. The highest BCUT2D eigenvalue weighted by atomic mass is 16.3. The van der Waals surface area contributed by atoms with Crippen molar-refractivity contribution in [2.24, 2.45) is 0 Å². The van der Waals surface area contributed by atoms with E-state index in [1.807, 2.05) is 19.1 Å². The van der Waals surface area contributed by atoms with Crippen molar-refractivity contribution in [1.82, 2.24) is 10.6 Å². The van der Waals surface area contributed by atoms with Gasteiger partial charge in [0, 0.05) is 12.6 Å². The van der Waals surface area contributed by atoms with Crippen LogP contribution in [0.4, 0.5) is 4.79 Å². The summed E-state index contributed by atoms with van der Waals surface area (Å²) in [6.07, 6.45) is 3.42. The third-order valence-corrected chi connectivity index (χ3v) is 3.74. The van der Waals surface area contributed by atoms with E-state index in [-0.39, 0.29) is 24.7 Å². The molecule has 0 aliphatic heterocycles. The number of hydrogen-bond acceptors (Lipinski definition) is 2. The number of urea groups is 1. The predicted molar refractivity (Wildman–Crippen MR) is 75.0 cm³/mol. The first-order valence-electron chi connectivity index (χ1n) is 7.00. The Balaban J connectivity index is 1.90. The number of hydrogen-bond donors (Lipinski definition) is 3. The molecule has 2 atom stereocenters. The largest absolute Gasteiger partial charge is 0.396 e. The Morgan fingerprint density at radius 2 is 2.26 bits per heavy atom. The summed E-state index contributed by atoms with van der Waals surface area (Å²) >= 11 is 0. The predicted octanol–water partition coefficient (Wildman–Crippen LogP) is 2.13. The van der Waals surface area contributed by atoms with Crippen molar-refractivity contribution in [2.75, 3.05) is 6.61 Å². The lowest BCUT2D eigenvalue weighted by atomic mass is 10.1. The second kappa shape index (κ2) is 6.57. The van der Waals surface area contributed by atoms with Crippen LogP contribution in [0.15, 0.2) is 24.3 Å². The molecule has 1 aromatic carbocycles. The van der Waals surface area contributed by atoms with Gasteiger partial charge in [-0.15, -0.1) is 0 Å². The summed E-state index contributed by atoms with van der Waals surface area (Å²) in [5, 5.41) is 14.9. The van der Waals surface area contributed by atoms with Crippen LogP contribution >= 0.6 is 0 Å². The molecule has 1 aliphatic rings. The van der Waals surface area contributed by atoms with Gasteiger partial charge in [0.1, 0.15) is 0 Å². The van der Waals surface area contributed by atoms with Crippen molar-refractivity contribution < 1.29 is 9.90 Å². The van der Waals surface area contributed by atoms with E-state index in [1.165, 1.54) is 11.1 Å². The fourth-order valence-electron chi connectivity index (χ4n) is 2.63. The first kappa shape index (κ1) is 13.9. The molecule has 104 valence electrons. The second-order valence-corrected chi connectivity index (χ2v) is 5.03. The van der Waals surface area contributed by atoms with Crippen LogP contribution in [-0.4, -0.2) is 23.8 Å². The van der Waals surface area contributed by atoms with Gasteiger partial charge in [0.25, 0.3) is 0 Å². The minimum Gasteiger partial charge on any atom is -0.396 e. The zero-order valence-corrected chi connectivity index (χ0v) is 11.4. The Morgan fingerprint density at radius 3 is 3.00 bits per heavy atom. The second-order valence-electron chi connectivity index (χ2n) is 5.03. The van der Waals surface area contributed by atoms with E-state index in [1.54, 1.807) is 0 Å². The summed E-state index contributed by atoms with van der Waals surface area (Å²) in [7, 11) is 0. The van der Waals surface area contributed by atoms with Gasteiger partial charge in [-0.05, 0) is 36.8 Å². The normalized spacial score (nSPS) is 18.7. The fourth-order valence-corrected chi connectivity index (χ4v) is 2.63. The van der Waals surface area contributed by atoms with Crippen LogP contribution in [0, 0.1) is 0 Å². The molecular weight excluding hydrogens is 240 g/mol. The molecule has 0 fully saturated rings. The third-order valence-electron chi connectivity index (χ3n) is 3.74. The molecule has 1 aliphatic carbocycles. The van der Waals surface area contributed by atoms with E-state index in [2.05, 4.69) is 22.8 Å². The molecule has 0 bridgehead atoms. The molecule has 2 unspecified atom stereocenters. The topological polar surface area (TPSA) is 61.4 Å². The zero-order valence-electron chi connectivity index (χ0n) is 11.4. The van der Waals surface area contributed by atoms with Crippen molar-refractivity contribution in [3.8, 4) is 0 Å². The van der Waals surface area contributed by atoms with Gasteiger partial charge in [0.2, 0.25) is 0 Å². The van der Waals surface area contributed by atoms with Gasteiger partial charge < -0.3 is 15.7 Å². The Morgan fingerprint density at radius 1 is 1.47 bits per heavy atom. The summed E-state index contributed by atoms with van der Waals surface area (Å²) in [6, 6.07) is 8.27. The van der Waals surface area contributed by atoms with Gasteiger partial charge in [0.15, 0.2) is 0 Å². The number of amides is 2. The molecule has 2 rings (SSSR count). The van der Waals surface area contributed by atoms with Gasteiger partial charge in [-0.2, -0.15) is 0 Å². The van der Waals surface area contributed by atoms with E-state index in [0.29, 0.717) is 6.42 Å². The highest BCUT2D eigenvalue weighted by Gasteiger charge is 2.23. The first-order chi connectivity index (χ1) is 9.24. The number of aliphatic hydroxyl groups excluding tert-OH is 1. The number of rotatable bonds is 5. The number of benzene rings is 1. The van der Waals surface area contributed by atoms with Crippen LogP contribution in [-0.2, 0) is 6.42 Å². The average Bonchev–Trinajstić information content (AvgIpc) is 2.82. The third kappa shape index (κ3) is 3.47. The van der Waals surface area contributed by atoms with Crippen molar-refractivity contribution in [1.29, 1.82) is 0 Å². The molecule has 0 aromatic heterocycles. The number of aryl methyl sites for hydroxylation is 1. The SMILES string of the molecule is CCC(CCO)NC(=O)NC1CCc2ccccc21. The molecule has 0 saturated heterocycles. The van der Waals surface area contributed by atoms with Crippen LogP contribution in [0.2, 0.25) is 0 Å². The molecule has 19 heavy (non-hydrogen) atoms. The summed E-state index contributed by atoms with van der Waals surface area (Å²) in [4.78, 5) is 11.9. The maximum atomic E-state index is 11.9. The van der Waals surface area contributed by atoms with Crippen molar-refractivity contribution >= 4 is 6.03 Å². The van der Waals surface area contributed by atoms with Gasteiger partial charge in [-0.3, -0.25) is 0 Å². The van der Waals surface area contributed by atoms with Crippen LogP contribution in [0.25, 0.3) is 0 Å². The molecule has 4 nitrogen and oxygen atoms in total. The van der Waals surface area contributed by atoms with Crippen LogP contribution in [0.5, 0.6) is 0 Å². The highest BCUT2D eigenvalue weighted by molar-refractivity contribution is 5.75. The number of carbonyl (C=O) groups is 1. The van der Waals surface area contributed by atoms with E-state index in [4.69, 9.17) is 5.11 Å². The Kier molecular flexibility index (Phi) is 4.80. The van der Waals surface area contributed by atoms with Crippen molar-refractivity contribution in [3.63, 3.8) is 0 Å². The quantitative estimate of drug-likeness (QED) is 0.761. The van der Waals surface area contributed by atoms with Crippen molar-refractivity contribution in [3.05, 3.63) is 35.4 Å². The van der Waals surface area contributed by atoms with Gasteiger partial charge in [-0.25, -0.2) is 4.79 Å². The van der Waals surface area contributed by atoms with Crippen molar-refractivity contribution in [2.45, 2.75) is 44.7 Å². The lowest BCUT2D eigenvalue weighted by Crippen LogP contribution is -2.43. The lowest BCUT2D eigenvalue weighted by Gasteiger charge is -2.19. The first-order valence-corrected chi connectivity index (χ1v) is 7.00. The average molecular weight is 262 g/mol. The summed E-state index contributed by atoms with van der Waals surface area (Å²) in [5.41, 5.74) is 2.56. The minimum atomic E-state index is -0.137. The molecule has 3 N–H and O–H groups in total. The Bertz CT molecular complexity index is 434. The fraction of sp³-hybridized carbons (Fsp3) is 0.533. The van der Waals surface area contributed by atoms with Gasteiger partial charge >= 0.3 is 6.03 Å². The standard InChI is InChI=1S/C15H22N2O2/c1-2-12(9-10-18)16-15(19)17-14-8-7-11-5-3-4-6-13(11)14/h3-6,12,14,18H,2,7-10H2,1H3,(H2,16,17,19). The lowest BCUT2D eigenvalue weighted by molar-refractivity contribution is 0.224. The molecule has 2 amide bonds. The van der Waals surface area contributed by atoms with E-state index in [0.717, 1.165) is 19.3 Å². The molecule has 0 radical (unpaired) electrons. The molecule has 0 saturated carbocycles. The van der Waals surface area contributed by atoms with E-state index >= 15 is 0 Å². The summed E-state index contributed by atoms with van der Waals surface area (Å²) in [5.74, 6) is 0. The summed E-state index contributed by atoms with van der Waals surface area (Å²) in [6.45, 7) is 2.11. The number of fused-ring (bicyclic) bond motifs is 1. The molecule has 0 heterocycles. The van der Waals surface area contributed by atoms with Crippen LogP contribution < -0.4 is 10.6 Å². The number of carbonyl (C=O) groups excluding carboxylic acids is 1. The summed E-state index contributed by atoms with van der Waals surface area (Å²) < 4.78 is 0. The highest BCUT2D eigenvalue weighted by Crippen LogP contribution is 2.30. The molecule has 4 heteroatoms. The molecule has 0 spiro atoms. The minimum absolute atomic E-state index is 0.0432. The van der Waals surface area contributed by atoms with E-state index in [9.17, 15) is 4.79 Å². The monoisotopic (exact) mass is 262 g/mol. The zero-order chi connectivity index (χ0) is 13.7. The van der Waals surface area contributed by atoms with Crippen LogP contribution in [0.1, 0.15) is 43.4 Å². The Labute approximate surface area is 114 Å². The number of aliphatic hydroxyl groups is 1. The van der Waals surface area contributed by atoms with Gasteiger partial charge in [-0.1, -0.05) is 31.2 Å². The number of nitrogens with one attached hydrogen (secondary N) is 2. The smallest absolute Gasteiger partial charge is 0.315 e. The molecule has 1 aromatic rings. The maximum Gasteiger partial charge on any atom is 0.315 e. The van der Waals surface area contributed by atoms with Crippen LogP contribution in [0.3, 0.4) is 0 Å². The molecular formula is C15H22N2O2. The van der Waals surface area contributed by atoms with Gasteiger partial charge in [0.05, 0.1) is 6.04 Å². The van der Waals surface area contributed by atoms with E-state index < -0.39 is 0 Å².